The number of halogens is 1. The zero-order valence-corrected chi connectivity index (χ0v) is 17.8. The van der Waals surface area contributed by atoms with Crippen LogP contribution in [-0.4, -0.2) is 30.6 Å². The number of aromatic nitrogens is 5. The SMILES string of the molecule is C=CCn1c(C)nn(C[NH+](Cc2nnc(-c3ccc(Cl)cc3)o2)C(C)C)c1=S. The lowest BCUT2D eigenvalue weighted by atomic mass is 10.2. The van der Waals surface area contributed by atoms with E-state index in [9.17, 15) is 0 Å². The number of nitrogens with one attached hydrogen (secondary N) is 1. The summed E-state index contributed by atoms with van der Waals surface area (Å²) in [6.45, 7) is 11.8. The summed E-state index contributed by atoms with van der Waals surface area (Å²) in [7, 11) is 0. The quantitative estimate of drug-likeness (QED) is 0.449. The maximum Gasteiger partial charge on any atom is 0.271 e. The molecule has 0 saturated carbocycles. The molecule has 0 aliphatic rings. The van der Waals surface area contributed by atoms with E-state index in [1.165, 1.54) is 4.90 Å². The molecule has 148 valence electrons. The molecule has 0 fully saturated rings. The lowest BCUT2D eigenvalue weighted by Crippen LogP contribution is -3.13. The molecular formula is C19H24ClN6OS+. The van der Waals surface area contributed by atoms with E-state index in [2.05, 4.69) is 35.7 Å². The molecule has 1 unspecified atom stereocenters. The van der Waals surface area contributed by atoms with Gasteiger partial charge in [0.1, 0.15) is 5.82 Å². The number of nitrogens with zero attached hydrogens (tertiary/aromatic N) is 5. The minimum Gasteiger partial charge on any atom is -0.415 e. The van der Waals surface area contributed by atoms with Crippen LogP contribution in [0.25, 0.3) is 11.5 Å². The highest BCUT2D eigenvalue weighted by Crippen LogP contribution is 2.19. The van der Waals surface area contributed by atoms with Crippen LogP contribution in [-0.2, 0) is 19.8 Å². The van der Waals surface area contributed by atoms with Gasteiger partial charge in [-0.25, -0.2) is 0 Å². The molecule has 3 rings (SSSR count). The van der Waals surface area contributed by atoms with E-state index in [0.29, 0.717) is 47.4 Å². The Morgan fingerprint density at radius 1 is 1.29 bits per heavy atom. The molecule has 0 saturated heterocycles. The van der Waals surface area contributed by atoms with Gasteiger partial charge in [0.15, 0.2) is 13.2 Å². The summed E-state index contributed by atoms with van der Waals surface area (Å²) in [6, 6.07) is 7.64. The van der Waals surface area contributed by atoms with Crippen LogP contribution in [0.4, 0.5) is 0 Å². The summed E-state index contributed by atoms with van der Waals surface area (Å²) < 4.78 is 10.4. The monoisotopic (exact) mass is 419 g/mol. The highest BCUT2D eigenvalue weighted by molar-refractivity contribution is 7.71. The summed E-state index contributed by atoms with van der Waals surface area (Å²) in [5, 5.41) is 13.6. The smallest absolute Gasteiger partial charge is 0.271 e. The van der Waals surface area contributed by atoms with E-state index >= 15 is 0 Å². The molecule has 1 N–H and O–H groups in total. The van der Waals surface area contributed by atoms with E-state index in [1.807, 2.05) is 34.4 Å². The maximum atomic E-state index is 5.94. The van der Waals surface area contributed by atoms with Crippen molar-refractivity contribution in [1.82, 2.24) is 24.5 Å². The topological polar surface area (TPSA) is 66.1 Å². The molecule has 1 aromatic carbocycles. The molecule has 9 heteroatoms. The minimum absolute atomic E-state index is 0.317. The van der Waals surface area contributed by atoms with Gasteiger partial charge in [-0.1, -0.05) is 17.7 Å². The van der Waals surface area contributed by atoms with Crippen LogP contribution in [0.15, 0.2) is 41.3 Å². The zero-order chi connectivity index (χ0) is 20.3. The summed E-state index contributed by atoms with van der Waals surface area (Å²) >= 11 is 11.5. The number of hydrogen-bond donors (Lipinski definition) is 1. The van der Waals surface area contributed by atoms with Crippen molar-refractivity contribution in [3.63, 3.8) is 0 Å². The average molecular weight is 420 g/mol. The Kier molecular flexibility index (Phi) is 6.43. The van der Waals surface area contributed by atoms with Crippen molar-refractivity contribution in [2.24, 2.45) is 0 Å². The standard InChI is InChI=1S/C19H23ClN6OS/c1-5-10-25-14(4)23-26(19(25)28)12-24(13(2)3)11-17-21-22-18(27-17)15-6-8-16(20)9-7-15/h5-9,13H,1,10-12H2,2-4H3/p+1. The molecule has 7 nitrogen and oxygen atoms in total. The fraction of sp³-hybridized carbons (Fsp3) is 0.368. The van der Waals surface area contributed by atoms with Gasteiger partial charge < -0.3 is 13.9 Å². The Hall–Kier alpha value is -2.29. The van der Waals surface area contributed by atoms with Crippen molar-refractivity contribution < 1.29 is 9.32 Å². The van der Waals surface area contributed by atoms with Crippen molar-refractivity contribution in [1.29, 1.82) is 0 Å². The third-order valence-corrected chi connectivity index (χ3v) is 5.21. The lowest BCUT2D eigenvalue weighted by molar-refractivity contribution is -0.958. The van der Waals surface area contributed by atoms with Gasteiger partial charge in [0, 0.05) is 17.1 Å². The summed E-state index contributed by atoms with van der Waals surface area (Å²) in [4.78, 5) is 1.21. The van der Waals surface area contributed by atoms with Crippen LogP contribution in [0.1, 0.15) is 25.6 Å². The minimum atomic E-state index is 0.317. The van der Waals surface area contributed by atoms with Crippen molar-refractivity contribution >= 4 is 23.8 Å². The van der Waals surface area contributed by atoms with Crippen molar-refractivity contribution in [3.05, 3.63) is 58.4 Å². The van der Waals surface area contributed by atoms with Crippen LogP contribution < -0.4 is 4.90 Å². The number of rotatable bonds is 8. The van der Waals surface area contributed by atoms with Gasteiger partial charge in [-0.15, -0.1) is 16.8 Å². The Morgan fingerprint density at radius 2 is 2.00 bits per heavy atom. The number of quaternary nitrogens is 1. The molecule has 0 amide bonds. The first-order valence-electron chi connectivity index (χ1n) is 9.07. The number of hydrogen-bond acceptors (Lipinski definition) is 5. The van der Waals surface area contributed by atoms with Gasteiger partial charge in [0.25, 0.3) is 5.89 Å². The highest BCUT2D eigenvalue weighted by Gasteiger charge is 2.21. The molecule has 0 bridgehead atoms. The van der Waals surface area contributed by atoms with Crippen molar-refractivity contribution in [2.75, 3.05) is 0 Å². The third kappa shape index (κ3) is 4.57. The van der Waals surface area contributed by atoms with Gasteiger partial charge in [0.2, 0.25) is 10.7 Å². The first kappa shape index (κ1) is 20.4. The second kappa shape index (κ2) is 8.81. The van der Waals surface area contributed by atoms with E-state index in [-0.39, 0.29) is 0 Å². The van der Waals surface area contributed by atoms with Gasteiger partial charge in [0.05, 0.1) is 6.04 Å². The predicted octanol–water partition coefficient (Wildman–Crippen LogP) is 3.06. The number of allylic oxidation sites excluding steroid dienone is 1. The Morgan fingerprint density at radius 3 is 2.64 bits per heavy atom. The molecular weight excluding hydrogens is 396 g/mol. The van der Waals surface area contributed by atoms with Crippen LogP contribution in [0.2, 0.25) is 5.02 Å². The molecule has 0 aliphatic heterocycles. The molecule has 3 aromatic rings. The van der Waals surface area contributed by atoms with Gasteiger partial charge in [-0.2, -0.15) is 9.78 Å². The fourth-order valence-corrected chi connectivity index (χ4v) is 3.29. The maximum absolute atomic E-state index is 5.94. The van der Waals surface area contributed by atoms with Crippen molar-refractivity contribution in [2.45, 2.75) is 46.6 Å². The molecule has 0 spiro atoms. The van der Waals surface area contributed by atoms with Crippen LogP contribution in [0.3, 0.4) is 0 Å². The van der Waals surface area contributed by atoms with Gasteiger partial charge >= 0.3 is 0 Å². The van der Waals surface area contributed by atoms with E-state index in [4.69, 9.17) is 28.2 Å². The predicted molar refractivity (Wildman–Crippen MR) is 111 cm³/mol. The lowest BCUT2D eigenvalue weighted by Gasteiger charge is -2.21. The van der Waals surface area contributed by atoms with Gasteiger partial charge in [-0.05, 0) is 57.3 Å². The number of aryl methyl sites for hydroxylation is 1. The summed E-state index contributed by atoms with van der Waals surface area (Å²) in [5.41, 5.74) is 0.843. The highest BCUT2D eigenvalue weighted by atomic mass is 35.5. The van der Waals surface area contributed by atoms with E-state index < -0.39 is 0 Å². The Labute approximate surface area is 174 Å². The number of benzene rings is 1. The van der Waals surface area contributed by atoms with E-state index in [0.717, 1.165) is 11.4 Å². The molecule has 0 aliphatic carbocycles. The average Bonchev–Trinajstić information content (AvgIpc) is 3.22. The summed E-state index contributed by atoms with van der Waals surface area (Å²) in [5.74, 6) is 1.93. The Bertz CT molecular complexity index is 1000. The largest absolute Gasteiger partial charge is 0.415 e. The molecule has 2 aromatic heterocycles. The van der Waals surface area contributed by atoms with Crippen molar-refractivity contribution in [3.8, 4) is 11.5 Å². The molecule has 0 radical (unpaired) electrons. The Balaban J connectivity index is 1.77. The molecule has 1 atom stereocenters. The van der Waals surface area contributed by atoms with Gasteiger partial charge in [-0.3, -0.25) is 0 Å². The normalized spacial score (nSPS) is 12.5. The second-order valence-corrected chi connectivity index (χ2v) is 7.69. The first-order chi connectivity index (χ1) is 13.4. The third-order valence-electron chi connectivity index (χ3n) is 4.53. The second-order valence-electron chi connectivity index (χ2n) is 6.88. The fourth-order valence-electron chi connectivity index (χ4n) is 2.85. The zero-order valence-electron chi connectivity index (χ0n) is 16.2. The molecule has 28 heavy (non-hydrogen) atoms. The summed E-state index contributed by atoms with van der Waals surface area (Å²) in [6.07, 6.45) is 1.82. The van der Waals surface area contributed by atoms with Crippen LogP contribution in [0.5, 0.6) is 0 Å². The first-order valence-corrected chi connectivity index (χ1v) is 9.85. The van der Waals surface area contributed by atoms with Crippen LogP contribution in [0, 0.1) is 11.7 Å². The molecule has 2 heterocycles. The van der Waals surface area contributed by atoms with Crippen LogP contribution >= 0.6 is 23.8 Å². The van der Waals surface area contributed by atoms with E-state index in [1.54, 1.807) is 12.1 Å².